The number of aromatic nitrogens is 2. The molecule has 3 rings (SSSR count). The molecule has 2 heterocycles. The molecule has 9 heteroatoms. The van der Waals surface area contributed by atoms with Crippen molar-refractivity contribution in [3.8, 4) is 11.5 Å². The maximum absolute atomic E-state index is 12.5. The number of esters is 1. The zero-order valence-electron chi connectivity index (χ0n) is 16.7. The normalized spacial score (nSPS) is 11.5. The summed E-state index contributed by atoms with van der Waals surface area (Å²) in [6, 6.07) is 12.2. The Hall–Kier alpha value is -4.14. The zero-order chi connectivity index (χ0) is 22.4. The van der Waals surface area contributed by atoms with Crippen molar-refractivity contribution >= 4 is 11.9 Å². The molecule has 0 unspecified atom stereocenters. The van der Waals surface area contributed by atoms with Crippen molar-refractivity contribution in [1.82, 2.24) is 9.97 Å². The van der Waals surface area contributed by atoms with E-state index < -0.39 is 29.1 Å². The van der Waals surface area contributed by atoms with Crippen LogP contribution in [0.2, 0.25) is 0 Å². The maximum atomic E-state index is 12.5. The third-order valence-electron chi connectivity index (χ3n) is 4.63. The van der Waals surface area contributed by atoms with Crippen LogP contribution < -0.4 is 16.0 Å². The standard InChI is InChI=1S/C22H21N3O6/c1-30-22(29)17-11-25-21(28)19(20(17)27)16(10-18(23)26)13-5-4-7-15(9-13)31-12-14-6-2-3-8-24-14/h2-9,11,16H,10,12H2,1H3,(H2,23,26)(H2,25,27,28)/t16-/m0/s1. The molecule has 1 amide bonds. The molecule has 0 aliphatic rings. The number of nitrogens with zero attached hydrogens (tertiary/aromatic N) is 1. The number of ether oxygens (including phenoxy) is 2. The number of carbonyl (C=O) groups excluding carboxylic acids is 2. The number of amides is 1. The van der Waals surface area contributed by atoms with Crippen molar-refractivity contribution in [2.75, 3.05) is 7.11 Å². The van der Waals surface area contributed by atoms with Crippen LogP contribution in [-0.2, 0) is 16.1 Å². The van der Waals surface area contributed by atoms with Gasteiger partial charge in [0.25, 0.3) is 5.56 Å². The van der Waals surface area contributed by atoms with E-state index in [-0.39, 0.29) is 24.2 Å². The number of benzene rings is 1. The monoisotopic (exact) mass is 423 g/mol. The van der Waals surface area contributed by atoms with Gasteiger partial charge in [-0.3, -0.25) is 14.6 Å². The Morgan fingerprint density at radius 1 is 1.23 bits per heavy atom. The number of primary amides is 1. The lowest BCUT2D eigenvalue weighted by molar-refractivity contribution is -0.118. The summed E-state index contributed by atoms with van der Waals surface area (Å²) in [4.78, 5) is 42.8. The number of hydrogen-bond donors (Lipinski definition) is 3. The number of carbonyl (C=O) groups is 2. The van der Waals surface area contributed by atoms with Gasteiger partial charge in [0.2, 0.25) is 5.91 Å². The predicted molar refractivity (Wildman–Crippen MR) is 111 cm³/mol. The fourth-order valence-corrected chi connectivity index (χ4v) is 3.17. The molecule has 0 bridgehead atoms. The number of nitrogens with two attached hydrogens (primary N) is 1. The zero-order valence-corrected chi connectivity index (χ0v) is 16.7. The topological polar surface area (TPSA) is 145 Å². The van der Waals surface area contributed by atoms with Gasteiger partial charge in [-0.25, -0.2) is 4.79 Å². The quantitative estimate of drug-likeness (QED) is 0.469. The lowest BCUT2D eigenvalue weighted by atomic mass is 9.87. The summed E-state index contributed by atoms with van der Waals surface area (Å²) in [5, 5.41) is 10.6. The van der Waals surface area contributed by atoms with Crippen LogP contribution in [0.5, 0.6) is 11.5 Å². The van der Waals surface area contributed by atoms with E-state index in [0.717, 1.165) is 19.0 Å². The average molecular weight is 423 g/mol. The van der Waals surface area contributed by atoms with Gasteiger partial charge in [-0.15, -0.1) is 0 Å². The maximum Gasteiger partial charge on any atom is 0.343 e. The highest BCUT2D eigenvalue weighted by Crippen LogP contribution is 2.34. The Kier molecular flexibility index (Phi) is 6.66. The summed E-state index contributed by atoms with van der Waals surface area (Å²) < 4.78 is 10.4. The first kappa shape index (κ1) is 21.6. The van der Waals surface area contributed by atoms with Gasteiger partial charge in [0, 0.05) is 24.7 Å². The molecule has 2 aromatic heterocycles. The van der Waals surface area contributed by atoms with Crippen LogP contribution in [0.1, 0.15) is 39.5 Å². The minimum absolute atomic E-state index is 0.163. The summed E-state index contributed by atoms with van der Waals surface area (Å²) >= 11 is 0. The van der Waals surface area contributed by atoms with Crippen molar-refractivity contribution in [2.24, 2.45) is 5.73 Å². The number of H-pyrrole nitrogens is 1. The van der Waals surface area contributed by atoms with Crippen LogP contribution in [0.15, 0.2) is 59.7 Å². The van der Waals surface area contributed by atoms with Gasteiger partial charge in [0.15, 0.2) is 0 Å². The highest BCUT2D eigenvalue weighted by molar-refractivity contribution is 5.92. The van der Waals surface area contributed by atoms with E-state index in [1.165, 1.54) is 0 Å². The van der Waals surface area contributed by atoms with Crippen molar-refractivity contribution < 1.29 is 24.2 Å². The molecule has 0 spiro atoms. The van der Waals surface area contributed by atoms with Gasteiger partial charge in [0.05, 0.1) is 18.4 Å². The number of hydrogen-bond acceptors (Lipinski definition) is 7. The molecule has 1 atom stereocenters. The van der Waals surface area contributed by atoms with Gasteiger partial charge < -0.3 is 25.3 Å². The van der Waals surface area contributed by atoms with Crippen LogP contribution in [-0.4, -0.2) is 34.1 Å². The third-order valence-corrected chi connectivity index (χ3v) is 4.63. The Balaban J connectivity index is 2.00. The molecule has 3 aromatic rings. The average Bonchev–Trinajstić information content (AvgIpc) is 2.77. The number of nitrogens with one attached hydrogen (secondary N) is 1. The second-order valence-electron chi connectivity index (χ2n) is 6.69. The minimum Gasteiger partial charge on any atom is -0.506 e. The molecule has 1 aromatic carbocycles. The SMILES string of the molecule is COC(=O)c1c[nH]c(=O)c([C@@H](CC(N)=O)c2cccc(OCc3ccccn3)c2)c1O. The largest absolute Gasteiger partial charge is 0.506 e. The Bertz CT molecular complexity index is 1140. The van der Waals surface area contributed by atoms with E-state index in [4.69, 9.17) is 10.5 Å². The van der Waals surface area contributed by atoms with Crippen molar-refractivity contribution in [1.29, 1.82) is 0 Å². The lowest BCUT2D eigenvalue weighted by Gasteiger charge is -2.19. The summed E-state index contributed by atoms with van der Waals surface area (Å²) in [5.74, 6) is -2.53. The Morgan fingerprint density at radius 2 is 2.03 bits per heavy atom. The number of rotatable bonds is 8. The summed E-state index contributed by atoms with van der Waals surface area (Å²) in [6.45, 7) is 0.217. The Labute approximate surface area is 177 Å². The highest BCUT2D eigenvalue weighted by atomic mass is 16.5. The highest BCUT2D eigenvalue weighted by Gasteiger charge is 2.27. The first-order chi connectivity index (χ1) is 14.9. The molecular formula is C22H21N3O6. The van der Waals surface area contributed by atoms with Crippen LogP contribution in [0, 0.1) is 0 Å². The molecular weight excluding hydrogens is 402 g/mol. The van der Waals surface area contributed by atoms with Crippen molar-refractivity contribution in [3.05, 3.63) is 87.6 Å². The predicted octanol–water partition coefficient (Wildman–Crippen LogP) is 1.85. The molecule has 4 N–H and O–H groups in total. The second-order valence-corrected chi connectivity index (χ2v) is 6.69. The summed E-state index contributed by atoms with van der Waals surface area (Å²) in [7, 11) is 1.15. The van der Waals surface area contributed by atoms with Crippen LogP contribution in [0.3, 0.4) is 0 Å². The van der Waals surface area contributed by atoms with Crippen molar-refractivity contribution in [2.45, 2.75) is 18.9 Å². The molecule has 160 valence electrons. The molecule has 0 saturated carbocycles. The molecule has 0 aliphatic carbocycles. The number of pyridine rings is 2. The lowest BCUT2D eigenvalue weighted by Crippen LogP contribution is -2.23. The smallest absolute Gasteiger partial charge is 0.343 e. The molecule has 0 saturated heterocycles. The number of aromatic hydroxyl groups is 1. The van der Waals surface area contributed by atoms with Crippen LogP contribution in [0.4, 0.5) is 0 Å². The van der Waals surface area contributed by atoms with Gasteiger partial charge in [-0.1, -0.05) is 18.2 Å². The number of aromatic amines is 1. The first-order valence-corrected chi connectivity index (χ1v) is 9.34. The molecule has 0 fully saturated rings. The van der Waals surface area contributed by atoms with E-state index in [9.17, 15) is 19.5 Å². The van der Waals surface area contributed by atoms with Crippen molar-refractivity contribution in [3.63, 3.8) is 0 Å². The number of methoxy groups -OCH3 is 1. The summed E-state index contributed by atoms with van der Waals surface area (Å²) in [6.07, 6.45) is 2.44. The molecule has 0 radical (unpaired) electrons. The van der Waals surface area contributed by atoms with Gasteiger partial charge in [0.1, 0.15) is 23.7 Å². The second kappa shape index (κ2) is 9.57. The van der Waals surface area contributed by atoms with E-state index in [1.807, 2.05) is 12.1 Å². The fraction of sp³-hybridized carbons (Fsp3) is 0.182. The summed E-state index contributed by atoms with van der Waals surface area (Å²) in [5.41, 5.74) is 5.58. The van der Waals surface area contributed by atoms with E-state index in [2.05, 4.69) is 14.7 Å². The van der Waals surface area contributed by atoms with Gasteiger partial charge >= 0.3 is 5.97 Å². The first-order valence-electron chi connectivity index (χ1n) is 9.34. The Morgan fingerprint density at radius 3 is 2.71 bits per heavy atom. The minimum atomic E-state index is -0.913. The van der Waals surface area contributed by atoms with Crippen LogP contribution >= 0.6 is 0 Å². The third kappa shape index (κ3) is 5.08. The van der Waals surface area contributed by atoms with Crippen LogP contribution in [0.25, 0.3) is 0 Å². The molecule has 9 nitrogen and oxygen atoms in total. The van der Waals surface area contributed by atoms with E-state index in [0.29, 0.717) is 11.3 Å². The fourth-order valence-electron chi connectivity index (χ4n) is 3.17. The van der Waals surface area contributed by atoms with E-state index >= 15 is 0 Å². The van der Waals surface area contributed by atoms with E-state index in [1.54, 1.807) is 36.5 Å². The molecule has 31 heavy (non-hydrogen) atoms. The molecule has 0 aliphatic heterocycles. The van der Waals surface area contributed by atoms with Gasteiger partial charge in [-0.2, -0.15) is 0 Å². The van der Waals surface area contributed by atoms with Gasteiger partial charge in [-0.05, 0) is 29.8 Å².